The molecule has 288 valence electrons. The lowest BCUT2D eigenvalue weighted by molar-refractivity contribution is -0.120. The SMILES string of the molecule is CCCCC[C@@H](C=CC1C(O[Si](c2ccccc2)(c2ccccc2)C(C)(C)C)CC2(C#N)NC(=O)CC12)O[Si](c1ccccc1)(c1ccccc1)C(C)(C)C. The average molecular weight is 769 g/mol. The topological polar surface area (TPSA) is 71.3 Å². The largest absolute Gasteiger partial charge is 0.404 e. The van der Waals surface area contributed by atoms with Crippen molar-refractivity contribution in [3.63, 3.8) is 0 Å². The summed E-state index contributed by atoms with van der Waals surface area (Å²) in [5, 5.41) is 18.5. The molecule has 1 saturated carbocycles. The number of carbonyl (C=O) groups excluding carboxylic acids is 1. The average Bonchev–Trinajstić information content (AvgIpc) is 3.65. The predicted octanol–water partition coefficient (Wildman–Crippen LogP) is 8.43. The number of rotatable bonds is 14. The Morgan fingerprint density at radius 3 is 1.64 bits per heavy atom. The molecule has 0 radical (unpaired) electrons. The van der Waals surface area contributed by atoms with E-state index in [1.54, 1.807) is 0 Å². The third-order valence-corrected chi connectivity index (χ3v) is 22.3. The molecule has 0 aromatic heterocycles. The molecule has 1 heterocycles. The smallest absolute Gasteiger partial charge is 0.261 e. The Bertz CT molecular complexity index is 1850. The Balaban J connectivity index is 1.48. The first-order valence-corrected chi connectivity index (χ1v) is 24.1. The highest BCUT2D eigenvalue weighted by Gasteiger charge is 2.62. The maximum Gasteiger partial charge on any atom is 0.261 e. The van der Waals surface area contributed by atoms with E-state index in [-0.39, 0.29) is 40.0 Å². The van der Waals surface area contributed by atoms with E-state index in [4.69, 9.17) is 8.85 Å². The van der Waals surface area contributed by atoms with Gasteiger partial charge in [-0.25, -0.2) is 0 Å². The van der Waals surface area contributed by atoms with Gasteiger partial charge < -0.3 is 14.2 Å². The van der Waals surface area contributed by atoms with Crippen LogP contribution in [0.1, 0.15) is 87.0 Å². The van der Waals surface area contributed by atoms with Gasteiger partial charge in [-0.15, -0.1) is 0 Å². The number of hydrogen-bond donors (Lipinski definition) is 1. The second-order valence-corrected chi connectivity index (χ2v) is 26.2. The number of unbranched alkanes of at least 4 members (excludes halogenated alkanes) is 2. The fourth-order valence-electron chi connectivity index (χ4n) is 9.56. The molecule has 55 heavy (non-hydrogen) atoms. The Labute approximate surface area is 332 Å². The minimum atomic E-state index is -2.98. The number of nitriles is 1. The molecule has 1 aliphatic carbocycles. The molecular weight excluding hydrogens is 709 g/mol. The van der Waals surface area contributed by atoms with Crippen LogP contribution in [0.25, 0.3) is 0 Å². The number of amides is 1. The van der Waals surface area contributed by atoms with Gasteiger partial charge in [-0.1, -0.05) is 201 Å². The predicted molar refractivity (Wildman–Crippen MR) is 231 cm³/mol. The Morgan fingerprint density at radius 2 is 1.22 bits per heavy atom. The highest BCUT2D eigenvalue weighted by molar-refractivity contribution is 7.00. The zero-order chi connectivity index (χ0) is 39.3. The van der Waals surface area contributed by atoms with Crippen LogP contribution in [0.5, 0.6) is 0 Å². The van der Waals surface area contributed by atoms with E-state index in [9.17, 15) is 10.1 Å². The fraction of sp³-hybridized carbons (Fsp3) is 0.417. The third kappa shape index (κ3) is 7.84. The molecule has 5 atom stereocenters. The summed E-state index contributed by atoms with van der Waals surface area (Å²) >= 11 is 0. The molecule has 0 spiro atoms. The lowest BCUT2D eigenvalue weighted by atomic mass is 9.84. The monoisotopic (exact) mass is 768 g/mol. The highest BCUT2D eigenvalue weighted by atomic mass is 28.4. The lowest BCUT2D eigenvalue weighted by Crippen LogP contribution is -2.68. The Hall–Kier alpha value is -4.07. The summed E-state index contributed by atoms with van der Waals surface area (Å²) in [6.07, 6.45) is 9.02. The van der Waals surface area contributed by atoms with E-state index >= 15 is 0 Å². The van der Waals surface area contributed by atoms with Crippen molar-refractivity contribution in [2.45, 2.75) is 115 Å². The lowest BCUT2D eigenvalue weighted by Gasteiger charge is -2.46. The first-order valence-electron chi connectivity index (χ1n) is 20.3. The maximum absolute atomic E-state index is 13.1. The number of nitrogens with zero attached hydrogens (tertiary/aromatic N) is 1. The molecule has 5 nitrogen and oxygen atoms in total. The number of carbonyl (C=O) groups is 1. The minimum Gasteiger partial charge on any atom is -0.404 e. The third-order valence-electron chi connectivity index (χ3n) is 12.1. The summed E-state index contributed by atoms with van der Waals surface area (Å²) in [7, 11) is -5.85. The molecule has 1 saturated heterocycles. The van der Waals surface area contributed by atoms with E-state index in [2.05, 4.69) is 193 Å². The van der Waals surface area contributed by atoms with Crippen molar-refractivity contribution in [3.05, 3.63) is 133 Å². The van der Waals surface area contributed by atoms with Crippen LogP contribution in [-0.2, 0) is 13.6 Å². The van der Waals surface area contributed by atoms with E-state index in [0.717, 1.165) is 25.7 Å². The molecule has 2 fully saturated rings. The van der Waals surface area contributed by atoms with Gasteiger partial charge in [0.05, 0.1) is 18.3 Å². The van der Waals surface area contributed by atoms with Crippen molar-refractivity contribution in [2.75, 3.05) is 0 Å². The number of fused-ring (bicyclic) bond motifs is 1. The summed E-state index contributed by atoms with van der Waals surface area (Å²) in [5.74, 6) is -0.442. The summed E-state index contributed by atoms with van der Waals surface area (Å²) in [6, 6.07) is 45.7. The molecule has 4 aromatic rings. The molecule has 2 aliphatic rings. The van der Waals surface area contributed by atoms with E-state index in [1.165, 1.54) is 20.7 Å². The molecule has 0 bridgehead atoms. The van der Waals surface area contributed by atoms with Crippen LogP contribution >= 0.6 is 0 Å². The molecule has 7 heteroatoms. The van der Waals surface area contributed by atoms with E-state index in [0.29, 0.717) is 12.8 Å². The molecule has 1 aliphatic heterocycles. The van der Waals surface area contributed by atoms with Crippen molar-refractivity contribution in [1.29, 1.82) is 5.26 Å². The highest BCUT2D eigenvalue weighted by Crippen LogP contribution is 2.50. The van der Waals surface area contributed by atoms with Crippen molar-refractivity contribution < 1.29 is 13.6 Å². The zero-order valence-corrected chi connectivity index (χ0v) is 35.9. The van der Waals surface area contributed by atoms with Gasteiger partial charge in [-0.2, -0.15) is 5.26 Å². The Morgan fingerprint density at radius 1 is 0.764 bits per heavy atom. The van der Waals surface area contributed by atoms with E-state index < -0.39 is 22.2 Å². The standard InChI is InChI=1S/C48H60N2O3Si2/c1-8-9-14-23-37(52-54(46(2,3)4,38-24-15-10-16-25-38)39-26-17-11-18-27-39)32-33-42-43-34-45(51)50-48(43,36-49)35-44(42)53-55(47(5,6)7,40-28-19-12-20-29-40)41-30-21-13-22-31-41/h10-13,15-22,24-33,37,42-44H,8-9,14,23,34-35H2,1-7H3,(H,50,51)/t37-,42?,43?,44?,48?/m0/s1. The summed E-state index contributed by atoms with van der Waals surface area (Å²) in [6.45, 7) is 16.1. The maximum atomic E-state index is 13.1. The van der Waals surface area contributed by atoms with Crippen LogP contribution in [0.3, 0.4) is 0 Å². The summed E-state index contributed by atoms with van der Waals surface area (Å²) < 4.78 is 15.6. The summed E-state index contributed by atoms with van der Waals surface area (Å²) in [5.41, 5.74) is -0.987. The van der Waals surface area contributed by atoms with Crippen LogP contribution < -0.4 is 26.1 Å². The number of hydrogen-bond acceptors (Lipinski definition) is 4. The van der Waals surface area contributed by atoms with Crippen LogP contribution in [0, 0.1) is 23.2 Å². The number of benzene rings is 4. The quantitative estimate of drug-likeness (QED) is 0.0795. The van der Waals surface area contributed by atoms with Crippen molar-refractivity contribution in [1.82, 2.24) is 5.32 Å². The molecular formula is C48H60N2O3Si2. The van der Waals surface area contributed by atoms with Gasteiger partial charge in [0.2, 0.25) is 5.91 Å². The van der Waals surface area contributed by atoms with Crippen molar-refractivity contribution in [2.24, 2.45) is 11.8 Å². The van der Waals surface area contributed by atoms with Gasteiger partial charge in [-0.3, -0.25) is 4.79 Å². The van der Waals surface area contributed by atoms with Crippen LogP contribution in [0.15, 0.2) is 133 Å². The minimum absolute atomic E-state index is 0.0584. The van der Waals surface area contributed by atoms with Gasteiger partial charge in [0.1, 0.15) is 5.54 Å². The Kier molecular flexibility index (Phi) is 12.2. The first-order chi connectivity index (χ1) is 26.3. The fourth-order valence-corrected chi connectivity index (χ4v) is 18.9. The van der Waals surface area contributed by atoms with Crippen LogP contribution in [0.4, 0.5) is 0 Å². The van der Waals surface area contributed by atoms with Gasteiger partial charge in [-0.05, 0) is 37.2 Å². The molecule has 6 rings (SSSR count). The normalized spacial score (nSPS) is 22.3. The zero-order valence-electron chi connectivity index (χ0n) is 33.9. The molecule has 4 aromatic carbocycles. The van der Waals surface area contributed by atoms with Crippen LogP contribution in [-0.4, -0.2) is 40.3 Å². The van der Waals surface area contributed by atoms with E-state index in [1.807, 2.05) is 0 Å². The number of nitrogens with one attached hydrogen (secondary N) is 1. The second-order valence-electron chi connectivity index (χ2n) is 17.7. The van der Waals surface area contributed by atoms with Gasteiger partial charge >= 0.3 is 0 Å². The first kappa shape index (κ1) is 40.6. The van der Waals surface area contributed by atoms with Gasteiger partial charge in [0.25, 0.3) is 16.6 Å². The summed E-state index contributed by atoms with van der Waals surface area (Å²) in [4.78, 5) is 13.1. The van der Waals surface area contributed by atoms with Gasteiger partial charge in [0.15, 0.2) is 0 Å². The van der Waals surface area contributed by atoms with Crippen molar-refractivity contribution >= 4 is 43.3 Å². The molecule has 1 amide bonds. The second kappa shape index (κ2) is 16.6. The van der Waals surface area contributed by atoms with Crippen LogP contribution in [0.2, 0.25) is 10.1 Å². The molecule has 4 unspecified atom stereocenters. The molecule has 1 N–H and O–H groups in total. The van der Waals surface area contributed by atoms with Crippen molar-refractivity contribution in [3.8, 4) is 6.07 Å². The van der Waals surface area contributed by atoms with Gasteiger partial charge in [0, 0.05) is 24.7 Å².